The summed E-state index contributed by atoms with van der Waals surface area (Å²) in [5.41, 5.74) is 2.59. The monoisotopic (exact) mass is 511 g/mol. The van der Waals surface area contributed by atoms with Gasteiger partial charge < -0.3 is 10.6 Å². The number of rotatable bonds is 8. The van der Waals surface area contributed by atoms with Gasteiger partial charge in [-0.15, -0.1) is 5.10 Å². The summed E-state index contributed by atoms with van der Waals surface area (Å²) >= 11 is 6.53. The molecule has 1 fully saturated rings. The highest BCUT2D eigenvalue weighted by Crippen LogP contribution is 2.37. The number of pyridine rings is 1. The SMILES string of the molecule is CC(F)(F)CNc1c(C#N)cnc2c(Cl)cc(NC(c3ccc(F)cc3)c3cn(C4CC4)nn3)cc12. The summed E-state index contributed by atoms with van der Waals surface area (Å²) in [5, 5.41) is 24.8. The largest absolute Gasteiger partial charge is 0.377 e. The topological polar surface area (TPSA) is 91.5 Å². The van der Waals surface area contributed by atoms with E-state index in [-0.39, 0.29) is 22.1 Å². The molecule has 5 rings (SSSR count). The van der Waals surface area contributed by atoms with E-state index in [4.69, 9.17) is 11.6 Å². The first-order chi connectivity index (χ1) is 17.2. The van der Waals surface area contributed by atoms with Gasteiger partial charge >= 0.3 is 0 Å². The third-order valence-corrected chi connectivity index (χ3v) is 6.17. The van der Waals surface area contributed by atoms with Gasteiger partial charge in [-0.25, -0.2) is 17.9 Å². The highest BCUT2D eigenvalue weighted by Gasteiger charge is 2.27. The molecule has 36 heavy (non-hydrogen) atoms. The van der Waals surface area contributed by atoms with Crippen molar-refractivity contribution in [3.63, 3.8) is 0 Å². The molecule has 1 unspecified atom stereocenters. The lowest BCUT2D eigenvalue weighted by molar-refractivity contribution is 0.0368. The number of hydrogen-bond acceptors (Lipinski definition) is 6. The van der Waals surface area contributed by atoms with Crippen molar-refractivity contribution < 1.29 is 13.2 Å². The minimum Gasteiger partial charge on any atom is -0.377 e. The molecule has 0 bridgehead atoms. The maximum absolute atomic E-state index is 13.6. The van der Waals surface area contributed by atoms with E-state index >= 15 is 0 Å². The summed E-state index contributed by atoms with van der Waals surface area (Å²) in [4.78, 5) is 4.26. The van der Waals surface area contributed by atoms with Crippen LogP contribution >= 0.6 is 11.6 Å². The lowest BCUT2D eigenvalue weighted by Crippen LogP contribution is -2.23. The number of aromatic nitrogens is 4. The summed E-state index contributed by atoms with van der Waals surface area (Å²) in [6.07, 6.45) is 5.24. The van der Waals surface area contributed by atoms with Crippen molar-refractivity contribution in [2.45, 2.75) is 37.8 Å². The molecule has 11 heteroatoms. The summed E-state index contributed by atoms with van der Waals surface area (Å²) < 4.78 is 42.7. The number of fused-ring (bicyclic) bond motifs is 1. The van der Waals surface area contributed by atoms with Crippen molar-refractivity contribution in [2.75, 3.05) is 17.2 Å². The zero-order chi connectivity index (χ0) is 25.4. The number of hydrogen-bond donors (Lipinski definition) is 2. The fourth-order valence-corrected chi connectivity index (χ4v) is 4.22. The van der Waals surface area contributed by atoms with Crippen LogP contribution in [0.3, 0.4) is 0 Å². The zero-order valence-electron chi connectivity index (χ0n) is 19.1. The second-order valence-corrected chi connectivity index (χ2v) is 9.33. The second-order valence-electron chi connectivity index (χ2n) is 8.92. The summed E-state index contributed by atoms with van der Waals surface area (Å²) in [7, 11) is 0. The number of halogens is 4. The van der Waals surface area contributed by atoms with Crippen molar-refractivity contribution in [3.8, 4) is 6.07 Å². The third-order valence-electron chi connectivity index (χ3n) is 5.88. The molecule has 0 spiro atoms. The van der Waals surface area contributed by atoms with Crippen molar-refractivity contribution in [2.24, 2.45) is 0 Å². The first-order valence-corrected chi connectivity index (χ1v) is 11.7. The van der Waals surface area contributed by atoms with Crippen LogP contribution in [-0.4, -0.2) is 32.4 Å². The number of nitrogens with zero attached hydrogens (tertiary/aromatic N) is 5. The molecule has 0 radical (unpaired) electrons. The predicted molar refractivity (Wildman–Crippen MR) is 131 cm³/mol. The zero-order valence-corrected chi connectivity index (χ0v) is 19.9. The van der Waals surface area contributed by atoms with E-state index in [0.29, 0.717) is 28.3 Å². The van der Waals surface area contributed by atoms with E-state index in [9.17, 15) is 18.4 Å². The van der Waals surface area contributed by atoms with Gasteiger partial charge in [-0.2, -0.15) is 5.26 Å². The molecule has 1 aliphatic carbocycles. The molecule has 0 aliphatic heterocycles. The van der Waals surface area contributed by atoms with E-state index in [1.807, 2.05) is 16.9 Å². The molecule has 2 heterocycles. The minimum atomic E-state index is -3.00. The normalized spacial score (nSPS) is 14.4. The van der Waals surface area contributed by atoms with Gasteiger partial charge in [0.15, 0.2) is 0 Å². The lowest BCUT2D eigenvalue weighted by atomic mass is 10.0. The Bertz CT molecular complexity index is 1450. The van der Waals surface area contributed by atoms with E-state index < -0.39 is 18.5 Å². The maximum Gasteiger partial charge on any atom is 0.262 e. The van der Waals surface area contributed by atoms with Gasteiger partial charge in [0.05, 0.1) is 46.6 Å². The molecule has 0 saturated heterocycles. The maximum atomic E-state index is 13.6. The van der Waals surface area contributed by atoms with Gasteiger partial charge in [-0.05, 0) is 42.7 Å². The number of benzene rings is 2. The van der Waals surface area contributed by atoms with Crippen LogP contribution < -0.4 is 10.6 Å². The first-order valence-electron chi connectivity index (χ1n) is 11.3. The Balaban J connectivity index is 1.57. The van der Waals surface area contributed by atoms with Gasteiger partial charge in [0.1, 0.15) is 17.6 Å². The molecular formula is C25H21ClF3N7. The highest BCUT2D eigenvalue weighted by atomic mass is 35.5. The summed E-state index contributed by atoms with van der Waals surface area (Å²) in [5.74, 6) is -3.37. The Morgan fingerprint density at radius 3 is 2.67 bits per heavy atom. The van der Waals surface area contributed by atoms with Crippen molar-refractivity contribution in [3.05, 3.63) is 76.5 Å². The Labute approximate surface area is 209 Å². The number of anilines is 2. The molecule has 4 aromatic rings. The van der Waals surface area contributed by atoms with Crippen molar-refractivity contribution in [1.82, 2.24) is 20.0 Å². The summed E-state index contributed by atoms with van der Waals surface area (Å²) in [6.45, 7) is 0.121. The van der Waals surface area contributed by atoms with Gasteiger partial charge in [0, 0.05) is 24.2 Å². The number of nitrogens with one attached hydrogen (secondary N) is 2. The third kappa shape index (κ3) is 5.06. The predicted octanol–water partition coefficient (Wildman–Crippen LogP) is 6.09. The lowest BCUT2D eigenvalue weighted by Gasteiger charge is -2.20. The molecule has 2 N–H and O–H groups in total. The Kier molecular flexibility index (Phi) is 6.18. The van der Waals surface area contributed by atoms with E-state index in [2.05, 4.69) is 25.9 Å². The van der Waals surface area contributed by atoms with E-state index in [1.165, 1.54) is 18.3 Å². The van der Waals surface area contributed by atoms with E-state index in [1.54, 1.807) is 24.3 Å². The molecule has 7 nitrogen and oxygen atoms in total. The molecule has 1 aliphatic rings. The van der Waals surface area contributed by atoms with Crippen LogP contribution in [0.2, 0.25) is 5.02 Å². The quantitative estimate of drug-likeness (QED) is 0.297. The highest BCUT2D eigenvalue weighted by molar-refractivity contribution is 6.35. The van der Waals surface area contributed by atoms with Gasteiger partial charge in [-0.3, -0.25) is 4.98 Å². The first kappa shape index (κ1) is 23.9. The molecule has 2 aromatic heterocycles. The Hall–Kier alpha value is -3.84. The van der Waals surface area contributed by atoms with Crippen LogP contribution in [0.4, 0.5) is 24.5 Å². The Morgan fingerprint density at radius 1 is 1.25 bits per heavy atom. The molecule has 1 atom stereocenters. The standard InChI is InChI=1S/C25H21ClF3N7/c1-25(28,29)13-32-22-15(10-30)11-31-24-19(22)8-17(9-20(24)26)33-23(14-2-4-16(27)5-3-14)21-12-36(35-34-21)18-6-7-18/h2-5,8-9,11-12,18,23,33H,6-7,13H2,1H3,(H,31,32). The van der Waals surface area contributed by atoms with Gasteiger partial charge in [0.2, 0.25) is 0 Å². The van der Waals surface area contributed by atoms with Crippen LogP contribution in [0.25, 0.3) is 10.9 Å². The molecule has 2 aromatic carbocycles. The van der Waals surface area contributed by atoms with Crippen LogP contribution in [-0.2, 0) is 0 Å². The number of alkyl halides is 2. The second kappa shape index (κ2) is 9.32. The average Bonchev–Trinajstić information content (AvgIpc) is 3.58. The van der Waals surface area contributed by atoms with Crippen LogP contribution in [0.15, 0.2) is 48.8 Å². The fraction of sp³-hybridized carbons (Fsp3) is 0.280. The summed E-state index contributed by atoms with van der Waals surface area (Å²) in [6, 6.07) is 11.2. The van der Waals surface area contributed by atoms with Crippen molar-refractivity contribution in [1.29, 1.82) is 5.26 Å². The molecule has 1 saturated carbocycles. The molecule has 184 valence electrons. The van der Waals surface area contributed by atoms with Crippen LogP contribution in [0.1, 0.15) is 48.7 Å². The average molecular weight is 512 g/mol. The Morgan fingerprint density at radius 2 is 2.00 bits per heavy atom. The van der Waals surface area contributed by atoms with Crippen LogP contribution in [0.5, 0.6) is 0 Å². The van der Waals surface area contributed by atoms with Gasteiger partial charge in [-0.1, -0.05) is 28.9 Å². The fourth-order valence-electron chi connectivity index (χ4n) is 3.95. The van der Waals surface area contributed by atoms with Gasteiger partial charge in [0.25, 0.3) is 5.92 Å². The smallest absolute Gasteiger partial charge is 0.262 e. The molecular weight excluding hydrogens is 491 g/mol. The number of nitriles is 1. The van der Waals surface area contributed by atoms with Crippen LogP contribution in [0, 0.1) is 17.1 Å². The molecule has 0 amide bonds. The van der Waals surface area contributed by atoms with E-state index in [0.717, 1.165) is 25.3 Å². The minimum absolute atomic E-state index is 0.113. The van der Waals surface area contributed by atoms with Crippen molar-refractivity contribution >= 4 is 33.9 Å².